The monoisotopic (exact) mass is 336 g/mol. The summed E-state index contributed by atoms with van der Waals surface area (Å²) in [6.07, 6.45) is 5.35. The van der Waals surface area contributed by atoms with E-state index in [1.807, 2.05) is 24.3 Å². The summed E-state index contributed by atoms with van der Waals surface area (Å²) in [5.41, 5.74) is 9.15. The lowest BCUT2D eigenvalue weighted by Gasteiger charge is -2.37. The highest BCUT2D eigenvalue weighted by Crippen LogP contribution is 2.50. The quantitative estimate of drug-likeness (QED) is 0.751. The summed E-state index contributed by atoms with van der Waals surface area (Å²) in [7, 11) is 1.55. The van der Waals surface area contributed by atoms with Gasteiger partial charge in [0.2, 0.25) is 5.91 Å². The van der Waals surface area contributed by atoms with Gasteiger partial charge in [-0.25, -0.2) is 0 Å². The number of aromatic hydroxyl groups is 1. The second-order valence-electron chi connectivity index (χ2n) is 6.57. The van der Waals surface area contributed by atoms with E-state index >= 15 is 0 Å². The zero-order valence-electron chi connectivity index (χ0n) is 13.9. The maximum Gasteiger partial charge on any atom is 0.248 e. The molecule has 1 aliphatic carbocycles. The van der Waals surface area contributed by atoms with Crippen LogP contribution in [0.1, 0.15) is 39.9 Å². The first kappa shape index (κ1) is 15.6. The van der Waals surface area contributed by atoms with Gasteiger partial charge in [0.25, 0.3) is 0 Å². The van der Waals surface area contributed by atoms with E-state index in [1.54, 1.807) is 19.2 Å². The molecule has 0 aromatic heterocycles. The van der Waals surface area contributed by atoms with Gasteiger partial charge in [0, 0.05) is 17.2 Å². The van der Waals surface area contributed by atoms with E-state index in [-0.39, 0.29) is 17.7 Å². The molecular weight excluding hydrogens is 316 g/mol. The van der Waals surface area contributed by atoms with E-state index in [1.165, 1.54) is 0 Å². The van der Waals surface area contributed by atoms with Crippen LogP contribution in [0.5, 0.6) is 11.5 Å². The molecule has 4 rings (SSSR count). The normalized spacial score (nSPS) is 23.5. The molecule has 25 heavy (non-hydrogen) atoms. The van der Waals surface area contributed by atoms with Gasteiger partial charge in [0.15, 0.2) is 11.5 Å². The van der Waals surface area contributed by atoms with Crippen molar-refractivity contribution in [3.05, 3.63) is 65.2 Å². The predicted molar refractivity (Wildman–Crippen MR) is 96.0 cm³/mol. The number of hydrogen-bond donors (Lipinski definition) is 3. The van der Waals surface area contributed by atoms with Crippen LogP contribution in [0.4, 0.5) is 5.69 Å². The van der Waals surface area contributed by atoms with Crippen LogP contribution < -0.4 is 15.8 Å². The number of nitrogens with one attached hydrogen (secondary N) is 1. The number of nitrogens with two attached hydrogens (primary N) is 1. The van der Waals surface area contributed by atoms with Crippen LogP contribution in [0, 0.1) is 5.92 Å². The summed E-state index contributed by atoms with van der Waals surface area (Å²) >= 11 is 0. The number of benzene rings is 2. The molecule has 0 saturated carbocycles. The zero-order valence-corrected chi connectivity index (χ0v) is 13.9. The lowest BCUT2D eigenvalue weighted by molar-refractivity contribution is 0.1000. The topological polar surface area (TPSA) is 84.6 Å². The third-order valence-corrected chi connectivity index (χ3v) is 5.21. The summed E-state index contributed by atoms with van der Waals surface area (Å²) in [5, 5.41) is 13.5. The molecule has 5 heteroatoms. The summed E-state index contributed by atoms with van der Waals surface area (Å²) in [6.45, 7) is 0. The molecule has 3 atom stereocenters. The molecule has 2 aromatic carbocycles. The first-order chi connectivity index (χ1) is 12.1. The van der Waals surface area contributed by atoms with Crippen LogP contribution in [0.15, 0.2) is 48.6 Å². The minimum Gasteiger partial charge on any atom is -0.504 e. The Kier molecular flexibility index (Phi) is 3.64. The molecule has 0 spiro atoms. The second kappa shape index (κ2) is 5.84. The van der Waals surface area contributed by atoms with Crippen molar-refractivity contribution in [2.24, 2.45) is 11.7 Å². The molecule has 4 N–H and O–H groups in total. The smallest absolute Gasteiger partial charge is 0.248 e. The summed E-state index contributed by atoms with van der Waals surface area (Å²) in [6, 6.07) is 11.1. The number of primary amides is 1. The minimum absolute atomic E-state index is 0.0985. The Hall–Kier alpha value is -2.95. The number of anilines is 1. The van der Waals surface area contributed by atoms with Gasteiger partial charge in [0.1, 0.15) is 0 Å². The van der Waals surface area contributed by atoms with Gasteiger partial charge in [-0.15, -0.1) is 0 Å². The number of allylic oxidation sites excluding steroid dienone is 2. The maximum atomic E-state index is 11.5. The highest BCUT2D eigenvalue weighted by molar-refractivity contribution is 5.93. The first-order valence-electron chi connectivity index (χ1n) is 8.32. The van der Waals surface area contributed by atoms with Crippen molar-refractivity contribution in [2.45, 2.75) is 18.4 Å². The van der Waals surface area contributed by atoms with Gasteiger partial charge in [-0.1, -0.05) is 18.2 Å². The van der Waals surface area contributed by atoms with Gasteiger partial charge in [0.05, 0.1) is 13.2 Å². The van der Waals surface area contributed by atoms with Gasteiger partial charge in [-0.3, -0.25) is 4.79 Å². The van der Waals surface area contributed by atoms with Crippen LogP contribution in [0.25, 0.3) is 0 Å². The molecule has 0 bridgehead atoms. The number of carbonyl (C=O) groups is 1. The Morgan fingerprint density at radius 1 is 1.28 bits per heavy atom. The fraction of sp³-hybridized carbons (Fsp3) is 0.250. The first-order valence-corrected chi connectivity index (χ1v) is 8.32. The number of amides is 1. The summed E-state index contributed by atoms with van der Waals surface area (Å²) < 4.78 is 5.25. The Bertz CT molecular complexity index is 875. The van der Waals surface area contributed by atoms with E-state index in [4.69, 9.17) is 10.5 Å². The van der Waals surface area contributed by atoms with Crippen molar-refractivity contribution in [2.75, 3.05) is 12.4 Å². The second-order valence-corrected chi connectivity index (χ2v) is 6.57. The van der Waals surface area contributed by atoms with Crippen molar-refractivity contribution >= 4 is 11.6 Å². The van der Waals surface area contributed by atoms with Crippen LogP contribution in [-0.2, 0) is 0 Å². The molecule has 1 amide bonds. The molecule has 0 fully saturated rings. The van der Waals surface area contributed by atoms with E-state index < -0.39 is 5.91 Å². The number of carbonyl (C=O) groups excluding carboxylic acids is 1. The number of methoxy groups -OCH3 is 1. The fourth-order valence-corrected chi connectivity index (χ4v) is 3.97. The predicted octanol–water partition coefficient (Wildman–Crippen LogP) is 3.33. The Morgan fingerprint density at radius 2 is 2.12 bits per heavy atom. The number of phenolic OH excluding ortho intramolecular Hbond substituents is 1. The van der Waals surface area contributed by atoms with E-state index in [0.29, 0.717) is 17.2 Å². The molecule has 2 aromatic rings. The van der Waals surface area contributed by atoms with Crippen LogP contribution in [-0.4, -0.2) is 18.1 Å². The molecule has 0 saturated heterocycles. The Labute approximate surface area is 146 Å². The average molecular weight is 336 g/mol. The largest absolute Gasteiger partial charge is 0.504 e. The number of rotatable bonds is 3. The van der Waals surface area contributed by atoms with E-state index in [9.17, 15) is 9.90 Å². The minimum atomic E-state index is -0.410. The van der Waals surface area contributed by atoms with Crippen molar-refractivity contribution in [3.63, 3.8) is 0 Å². The van der Waals surface area contributed by atoms with Crippen molar-refractivity contribution < 1.29 is 14.6 Å². The Morgan fingerprint density at radius 3 is 2.88 bits per heavy atom. The van der Waals surface area contributed by atoms with Gasteiger partial charge >= 0.3 is 0 Å². The lowest BCUT2D eigenvalue weighted by atomic mass is 9.76. The number of ether oxygens (including phenoxy) is 1. The molecule has 1 heterocycles. The van der Waals surface area contributed by atoms with Gasteiger partial charge in [-0.2, -0.15) is 0 Å². The number of fused-ring (bicyclic) bond motifs is 3. The zero-order chi connectivity index (χ0) is 17.6. The van der Waals surface area contributed by atoms with Gasteiger partial charge in [-0.05, 0) is 53.8 Å². The van der Waals surface area contributed by atoms with Crippen LogP contribution >= 0.6 is 0 Å². The molecular formula is C20H20N2O3. The average Bonchev–Trinajstić information content (AvgIpc) is 3.11. The SMILES string of the molecule is COc1cc(C2Nc3ccc(C(N)=O)cc3C3C=CCC32)ccc1O. The highest BCUT2D eigenvalue weighted by atomic mass is 16.5. The molecule has 1 aliphatic heterocycles. The van der Waals surface area contributed by atoms with Crippen molar-refractivity contribution in [3.8, 4) is 11.5 Å². The maximum absolute atomic E-state index is 11.5. The van der Waals surface area contributed by atoms with Crippen LogP contribution in [0.2, 0.25) is 0 Å². The van der Waals surface area contributed by atoms with Crippen molar-refractivity contribution in [1.82, 2.24) is 0 Å². The molecule has 3 unspecified atom stereocenters. The molecule has 0 radical (unpaired) electrons. The number of phenols is 1. The third kappa shape index (κ3) is 2.52. The third-order valence-electron chi connectivity index (χ3n) is 5.21. The Balaban J connectivity index is 1.77. The summed E-state index contributed by atoms with van der Waals surface area (Å²) in [5.74, 6) is 0.767. The van der Waals surface area contributed by atoms with Crippen LogP contribution in [0.3, 0.4) is 0 Å². The van der Waals surface area contributed by atoms with Gasteiger partial charge < -0.3 is 20.9 Å². The molecule has 128 valence electrons. The van der Waals surface area contributed by atoms with E-state index in [0.717, 1.165) is 23.2 Å². The molecule has 5 nitrogen and oxygen atoms in total. The fourth-order valence-electron chi connectivity index (χ4n) is 3.97. The lowest BCUT2D eigenvalue weighted by Crippen LogP contribution is -2.29. The summed E-state index contributed by atoms with van der Waals surface area (Å²) in [4.78, 5) is 11.5. The highest BCUT2D eigenvalue weighted by Gasteiger charge is 2.38. The standard InChI is InChI=1S/C20H20N2O3/c1-25-18-10-11(6-8-17(18)23)19-14-4-2-3-13(14)15-9-12(20(21)24)5-7-16(15)22-19/h2-3,5-10,13-14,19,22-23H,4H2,1H3,(H2,21,24). The molecule has 2 aliphatic rings. The number of hydrogen-bond acceptors (Lipinski definition) is 4. The van der Waals surface area contributed by atoms with Crippen molar-refractivity contribution in [1.29, 1.82) is 0 Å². The van der Waals surface area contributed by atoms with E-state index in [2.05, 4.69) is 17.5 Å².